The largest absolute Gasteiger partial charge is 0.454 e. The van der Waals surface area contributed by atoms with Gasteiger partial charge < -0.3 is 29.1 Å². The van der Waals surface area contributed by atoms with E-state index >= 15 is 8.78 Å². The Bertz CT molecular complexity index is 2170. The minimum absolute atomic E-state index is 0.0507. The van der Waals surface area contributed by atoms with Gasteiger partial charge in [0.25, 0.3) is 0 Å². The number of aldehydes is 1. The van der Waals surface area contributed by atoms with Crippen molar-refractivity contribution in [2.24, 2.45) is 0 Å². The van der Waals surface area contributed by atoms with Gasteiger partial charge in [-0.2, -0.15) is 11.8 Å². The van der Waals surface area contributed by atoms with E-state index in [0.29, 0.717) is 35.1 Å². The van der Waals surface area contributed by atoms with Crippen molar-refractivity contribution in [2.75, 3.05) is 25.1 Å². The van der Waals surface area contributed by atoms with E-state index in [0.717, 1.165) is 40.3 Å². The summed E-state index contributed by atoms with van der Waals surface area (Å²) in [7, 11) is 1.73. The van der Waals surface area contributed by atoms with Gasteiger partial charge in [0.05, 0.1) is 5.56 Å². The van der Waals surface area contributed by atoms with Gasteiger partial charge in [-0.3, -0.25) is 0 Å². The predicted molar refractivity (Wildman–Crippen MR) is 201 cm³/mol. The first kappa shape index (κ1) is 36.4. The molecule has 268 valence electrons. The summed E-state index contributed by atoms with van der Waals surface area (Å²) < 4.78 is 42.1. The Hall–Kier alpha value is -5.42. The van der Waals surface area contributed by atoms with E-state index < -0.39 is 17.0 Å². The number of thioether (sulfide) groups is 1. The molecule has 4 aromatic carbocycles. The second kappa shape index (κ2) is 16.3. The number of benzene rings is 4. The number of carbonyl (C=O) groups is 2. The molecular weight excluding hydrogens is 683 g/mol. The number of hydrogen-bond acceptors (Lipinski definition) is 6. The molecule has 11 heteroatoms. The minimum atomic E-state index is -0.639. The van der Waals surface area contributed by atoms with Gasteiger partial charge in [-0.05, 0) is 61.4 Å². The zero-order valence-electron chi connectivity index (χ0n) is 29.2. The number of amides is 1. The molecule has 0 aliphatic rings. The monoisotopic (exact) mass is 722 g/mol. The van der Waals surface area contributed by atoms with Crippen molar-refractivity contribution in [2.45, 2.75) is 38.7 Å². The second-order valence-corrected chi connectivity index (χ2v) is 14.1. The van der Waals surface area contributed by atoms with Crippen molar-refractivity contribution in [1.29, 1.82) is 0 Å². The van der Waals surface area contributed by atoms with Crippen LogP contribution in [0.25, 0.3) is 22.3 Å². The second-order valence-electron chi connectivity index (χ2n) is 12.9. The van der Waals surface area contributed by atoms with Crippen molar-refractivity contribution in [1.82, 2.24) is 19.9 Å². The zero-order chi connectivity index (χ0) is 36.7. The van der Waals surface area contributed by atoms with Gasteiger partial charge in [0.1, 0.15) is 30.3 Å². The zero-order valence-corrected chi connectivity index (χ0v) is 30.1. The highest BCUT2D eigenvalue weighted by Gasteiger charge is 2.31. The Morgan fingerprint density at radius 1 is 1.00 bits per heavy atom. The molecule has 6 aromatic rings. The molecule has 2 heterocycles. The normalized spacial score (nSPS) is 12.4. The number of ether oxygens (including phenoxy) is 2. The van der Waals surface area contributed by atoms with Gasteiger partial charge in [0.15, 0.2) is 11.6 Å². The maximum absolute atomic E-state index is 15.4. The molecule has 1 atom stereocenters. The first-order valence-corrected chi connectivity index (χ1v) is 18.1. The van der Waals surface area contributed by atoms with Gasteiger partial charge in [0, 0.05) is 71.8 Å². The summed E-state index contributed by atoms with van der Waals surface area (Å²) in [5.41, 5.74) is 4.54. The summed E-state index contributed by atoms with van der Waals surface area (Å²) in [6.45, 7) is 4.94. The van der Waals surface area contributed by atoms with Gasteiger partial charge >= 0.3 is 6.09 Å². The number of halogens is 2. The molecule has 0 fully saturated rings. The number of rotatable bonds is 15. The third-order valence-corrected chi connectivity index (χ3v) is 10.2. The van der Waals surface area contributed by atoms with Crippen LogP contribution in [0.3, 0.4) is 0 Å². The molecule has 0 bridgehead atoms. The van der Waals surface area contributed by atoms with E-state index in [2.05, 4.69) is 34.0 Å². The Kier molecular flexibility index (Phi) is 11.4. The Morgan fingerprint density at radius 3 is 2.62 bits per heavy atom. The van der Waals surface area contributed by atoms with Gasteiger partial charge in [0.2, 0.25) is 0 Å². The third-order valence-electron chi connectivity index (χ3n) is 9.23. The fraction of sp³-hybridized carbons (Fsp3) is 0.244. The van der Waals surface area contributed by atoms with E-state index in [-0.39, 0.29) is 36.2 Å². The lowest BCUT2D eigenvalue weighted by atomic mass is 9.77. The van der Waals surface area contributed by atoms with Crippen molar-refractivity contribution >= 4 is 35.0 Å². The Labute approximate surface area is 305 Å². The van der Waals surface area contributed by atoms with Crippen LogP contribution in [0.15, 0.2) is 97.3 Å². The van der Waals surface area contributed by atoms with E-state index in [1.165, 1.54) is 24.3 Å². The van der Waals surface area contributed by atoms with E-state index in [9.17, 15) is 9.59 Å². The summed E-state index contributed by atoms with van der Waals surface area (Å²) in [6.07, 6.45) is 4.41. The molecule has 8 nitrogen and oxygen atoms in total. The Morgan fingerprint density at radius 2 is 1.83 bits per heavy atom. The third kappa shape index (κ3) is 8.21. The van der Waals surface area contributed by atoms with Crippen molar-refractivity contribution in [3.8, 4) is 22.9 Å². The summed E-state index contributed by atoms with van der Waals surface area (Å²) in [5.74, 6) is 0.748. The molecular formula is C41H40F2N4O4S. The number of fused-ring (bicyclic) bond motifs is 1. The average Bonchev–Trinajstić information content (AvgIpc) is 3.84. The topological polar surface area (TPSA) is 100 Å². The van der Waals surface area contributed by atoms with Crippen LogP contribution < -0.4 is 4.74 Å². The smallest absolute Gasteiger partial charge is 0.409 e. The first-order chi connectivity index (χ1) is 25.2. The van der Waals surface area contributed by atoms with E-state index in [1.54, 1.807) is 42.2 Å². The highest BCUT2D eigenvalue weighted by molar-refractivity contribution is 7.99. The SMILES string of the molecule is Cc1cccc(C(C)(CCSCCN(C)C(=O)OCc2ccccc2)c2cnc(-c3cc(Oc4c(F)cc5[nH]ccc5c4CC=O)ccc3F)[nH]2)c1. The average molecular weight is 723 g/mol. The van der Waals surface area contributed by atoms with Crippen LogP contribution in [-0.2, 0) is 28.0 Å². The number of carbonyl (C=O) groups excluding carboxylic acids is 2. The Balaban J connectivity index is 1.17. The molecule has 1 amide bonds. The molecule has 52 heavy (non-hydrogen) atoms. The first-order valence-electron chi connectivity index (χ1n) is 17.0. The molecule has 0 spiro atoms. The number of nitrogens with zero attached hydrogens (tertiary/aromatic N) is 2. The van der Waals surface area contributed by atoms with Crippen molar-refractivity contribution < 1.29 is 27.8 Å². The summed E-state index contributed by atoms with van der Waals surface area (Å²) in [5, 5.41) is 0.670. The molecule has 1 unspecified atom stereocenters. The maximum atomic E-state index is 15.4. The van der Waals surface area contributed by atoms with E-state index in [4.69, 9.17) is 9.47 Å². The van der Waals surface area contributed by atoms with Crippen LogP contribution in [-0.4, -0.2) is 57.3 Å². The lowest BCUT2D eigenvalue weighted by Gasteiger charge is -2.29. The summed E-state index contributed by atoms with van der Waals surface area (Å²) >= 11 is 1.73. The maximum Gasteiger partial charge on any atom is 0.409 e. The molecule has 0 aliphatic carbocycles. The van der Waals surface area contributed by atoms with Crippen LogP contribution in [0.5, 0.6) is 11.5 Å². The van der Waals surface area contributed by atoms with Gasteiger partial charge in [-0.1, -0.05) is 60.2 Å². The molecule has 2 aromatic heterocycles. The van der Waals surface area contributed by atoms with Crippen LogP contribution in [0, 0.1) is 18.6 Å². The van der Waals surface area contributed by atoms with Gasteiger partial charge in [-0.25, -0.2) is 18.6 Å². The number of aryl methyl sites for hydroxylation is 1. The number of H-pyrrole nitrogens is 2. The molecule has 0 saturated carbocycles. The fourth-order valence-electron chi connectivity index (χ4n) is 6.15. The summed E-state index contributed by atoms with van der Waals surface area (Å²) in [6, 6.07) is 25.1. The highest BCUT2D eigenvalue weighted by Crippen LogP contribution is 2.39. The highest BCUT2D eigenvalue weighted by atomic mass is 32.2. The number of hydrogen-bond donors (Lipinski definition) is 2. The number of nitrogens with one attached hydrogen (secondary N) is 2. The standard InChI is InChI=1S/C41H40F2N4O4S/c1-27-8-7-11-29(22-27)41(2,16-20-52-21-18-47(3)40(49)50-26-28-9-5-4-6-10-28)37-25-45-39(46-37)33-23-30(12-13-34(33)42)51-38-32(15-19-48)31-14-17-44-36(31)24-35(38)43/h4-14,17,19,22-25,44H,15-16,18,20-21,26H2,1-3H3,(H,45,46). The molecule has 2 N–H and O–H groups in total. The lowest BCUT2D eigenvalue weighted by Crippen LogP contribution is -2.30. The number of aromatic amines is 2. The lowest BCUT2D eigenvalue weighted by molar-refractivity contribution is -0.107. The van der Waals surface area contributed by atoms with Crippen LogP contribution >= 0.6 is 11.8 Å². The molecule has 0 aliphatic heterocycles. The van der Waals surface area contributed by atoms with Crippen molar-refractivity contribution in [3.05, 3.63) is 137 Å². The fourth-order valence-corrected chi connectivity index (χ4v) is 7.31. The molecule has 0 saturated heterocycles. The predicted octanol–water partition coefficient (Wildman–Crippen LogP) is 9.38. The van der Waals surface area contributed by atoms with E-state index in [1.807, 2.05) is 49.4 Å². The molecule has 6 rings (SSSR count). The quantitative estimate of drug-likeness (QED) is 0.0810. The van der Waals surface area contributed by atoms with Gasteiger partial charge in [-0.15, -0.1) is 0 Å². The van der Waals surface area contributed by atoms with Crippen molar-refractivity contribution in [3.63, 3.8) is 0 Å². The summed E-state index contributed by atoms with van der Waals surface area (Å²) in [4.78, 5) is 36.5. The number of aromatic nitrogens is 3. The van der Waals surface area contributed by atoms with Crippen LogP contribution in [0.2, 0.25) is 0 Å². The van der Waals surface area contributed by atoms with Crippen LogP contribution in [0.1, 0.15) is 41.3 Å². The van der Waals surface area contributed by atoms with Crippen LogP contribution in [0.4, 0.5) is 13.6 Å². The molecule has 0 radical (unpaired) electrons. The number of imidazole rings is 1. The minimum Gasteiger partial charge on any atom is -0.454 e.